The lowest BCUT2D eigenvalue weighted by Gasteiger charge is -2.12. The lowest BCUT2D eigenvalue weighted by atomic mass is 10.1. The van der Waals surface area contributed by atoms with Crippen LogP contribution in [0.3, 0.4) is 0 Å². The molecule has 8 heteroatoms. The molecule has 30 heavy (non-hydrogen) atoms. The van der Waals surface area contributed by atoms with E-state index >= 15 is 0 Å². The highest BCUT2D eigenvalue weighted by atomic mass is 19.1. The summed E-state index contributed by atoms with van der Waals surface area (Å²) >= 11 is 0. The quantitative estimate of drug-likeness (QED) is 0.516. The van der Waals surface area contributed by atoms with E-state index in [0.717, 1.165) is 16.0 Å². The number of aromatic nitrogens is 2. The Kier molecular flexibility index (Phi) is 4.83. The third-order valence-corrected chi connectivity index (χ3v) is 4.88. The summed E-state index contributed by atoms with van der Waals surface area (Å²) in [6.07, 6.45) is 1.37. The van der Waals surface area contributed by atoms with Gasteiger partial charge in [0, 0.05) is 5.69 Å². The number of benzene rings is 2. The van der Waals surface area contributed by atoms with Crippen LogP contribution in [-0.4, -0.2) is 26.6 Å². The summed E-state index contributed by atoms with van der Waals surface area (Å²) in [7, 11) is 0. The van der Waals surface area contributed by atoms with Gasteiger partial charge in [-0.05, 0) is 49.8 Å². The van der Waals surface area contributed by atoms with Gasteiger partial charge in [-0.25, -0.2) is 13.9 Å². The zero-order chi connectivity index (χ0) is 21.4. The second-order valence-corrected chi connectivity index (χ2v) is 7.14. The van der Waals surface area contributed by atoms with Crippen LogP contribution in [0.5, 0.6) is 0 Å². The van der Waals surface area contributed by atoms with E-state index in [1.165, 1.54) is 35.0 Å². The molecule has 0 aliphatic carbocycles. The molecule has 7 nitrogen and oxygen atoms in total. The second-order valence-electron chi connectivity index (χ2n) is 7.14. The van der Waals surface area contributed by atoms with Crippen molar-refractivity contribution in [2.75, 3.05) is 0 Å². The van der Waals surface area contributed by atoms with E-state index in [1.54, 1.807) is 6.92 Å². The maximum atomic E-state index is 13.2. The maximum absolute atomic E-state index is 13.2. The van der Waals surface area contributed by atoms with E-state index in [9.17, 15) is 18.8 Å². The Morgan fingerprint density at radius 1 is 1.03 bits per heavy atom. The minimum Gasteiger partial charge on any atom is -0.303 e. The number of amides is 3. The van der Waals surface area contributed by atoms with E-state index in [4.69, 9.17) is 0 Å². The van der Waals surface area contributed by atoms with Gasteiger partial charge < -0.3 is 5.32 Å². The van der Waals surface area contributed by atoms with E-state index in [-0.39, 0.29) is 17.8 Å². The predicted molar refractivity (Wildman–Crippen MR) is 109 cm³/mol. The number of imide groups is 1. The summed E-state index contributed by atoms with van der Waals surface area (Å²) < 4.78 is 14.4. The van der Waals surface area contributed by atoms with Gasteiger partial charge >= 0.3 is 6.03 Å². The summed E-state index contributed by atoms with van der Waals surface area (Å²) in [5.74, 6) is -0.916. The number of H-pyrrole nitrogens is 1. The summed E-state index contributed by atoms with van der Waals surface area (Å²) in [4.78, 5) is 39.0. The van der Waals surface area contributed by atoms with Crippen LogP contribution in [0.15, 0.2) is 59.0 Å². The van der Waals surface area contributed by atoms with Gasteiger partial charge in [-0.3, -0.25) is 19.6 Å². The van der Waals surface area contributed by atoms with Crippen molar-refractivity contribution in [1.29, 1.82) is 0 Å². The van der Waals surface area contributed by atoms with Crippen LogP contribution in [0.25, 0.3) is 11.8 Å². The largest absolute Gasteiger partial charge is 0.329 e. The van der Waals surface area contributed by atoms with Gasteiger partial charge in [-0.2, -0.15) is 0 Å². The average Bonchev–Trinajstić information content (AvgIpc) is 3.14. The molecule has 0 atom stereocenters. The van der Waals surface area contributed by atoms with Crippen molar-refractivity contribution in [3.63, 3.8) is 0 Å². The molecular formula is C22H19FN4O3. The average molecular weight is 406 g/mol. The number of carbonyl (C=O) groups excluding carboxylic acids is 2. The van der Waals surface area contributed by atoms with Crippen LogP contribution in [0.2, 0.25) is 0 Å². The molecule has 0 saturated carbocycles. The second kappa shape index (κ2) is 7.47. The molecule has 3 amide bonds. The fourth-order valence-electron chi connectivity index (χ4n) is 3.35. The monoisotopic (exact) mass is 406 g/mol. The fourth-order valence-corrected chi connectivity index (χ4v) is 3.35. The first-order valence-corrected chi connectivity index (χ1v) is 9.31. The number of aryl methyl sites for hydroxylation is 2. The van der Waals surface area contributed by atoms with Crippen LogP contribution >= 0.6 is 0 Å². The Bertz CT molecular complexity index is 1240. The normalized spacial score (nSPS) is 15.2. The fraction of sp³-hybridized carbons (Fsp3) is 0.136. The first kappa shape index (κ1) is 19.4. The standard InChI is InChI=1S/C22H19FN4O3/c1-13-4-3-5-15(10-13)12-26-21(29)19(24-22(26)30)11-18-14(2)25-27(20(18)28)17-8-6-16(23)7-9-17/h3-11,25H,12H2,1-2H3,(H,24,30)/b19-11-. The molecule has 2 N–H and O–H groups in total. The molecule has 0 unspecified atom stereocenters. The zero-order valence-corrected chi connectivity index (χ0v) is 16.4. The number of urea groups is 1. The smallest absolute Gasteiger partial charge is 0.303 e. The molecule has 2 heterocycles. The van der Waals surface area contributed by atoms with E-state index in [0.29, 0.717) is 11.4 Å². The molecule has 0 radical (unpaired) electrons. The highest BCUT2D eigenvalue weighted by Crippen LogP contribution is 2.18. The van der Waals surface area contributed by atoms with Crippen molar-refractivity contribution in [3.8, 4) is 5.69 Å². The van der Waals surface area contributed by atoms with Crippen molar-refractivity contribution in [3.05, 3.63) is 92.8 Å². The van der Waals surface area contributed by atoms with Crippen molar-refractivity contribution in [2.24, 2.45) is 0 Å². The molecule has 3 aromatic rings. The minimum atomic E-state index is -0.542. The van der Waals surface area contributed by atoms with Crippen molar-refractivity contribution < 1.29 is 14.0 Å². The van der Waals surface area contributed by atoms with E-state index < -0.39 is 23.3 Å². The van der Waals surface area contributed by atoms with Gasteiger partial charge in [0.1, 0.15) is 11.5 Å². The molecule has 1 fully saturated rings. The van der Waals surface area contributed by atoms with Crippen molar-refractivity contribution in [1.82, 2.24) is 20.0 Å². The number of carbonyl (C=O) groups is 2. The first-order chi connectivity index (χ1) is 14.3. The minimum absolute atomic E-state index is 0.0260. The van der Waals surface area contributed by atoms with Crippen molar-refractivity contribution >= 4 is 18.0 Å². The molecule has 1 saturated heterocycles. The number of halogens is 1. The van der Waals surface area contributed by atoms with E-state index in [2.05, 4.69) is 10.4 Å². The molecule has 0 spiro atoms. The Hall–Kier alpha value is -3.94. The van der Waals surface area contributed by atoms with Gasteiger partial charge in [-0.15, -0.1) is 0 Å². The Balaban J connectivity index is 1.64. The molecule has 0 bridgehead atoms. The van der Waals surface area contributed by atoms with Crippen LogP contribution in [0.4, 0.5) is 9.18 Å². The van der Waals surface area contributed by atoms with Gasteiger partial charge in [0.15, 0.2) is 0 Å². The van der Waals surface area contributed by atoms with Gasteiger partial charge in [0.2, 0.25) is 0 Å². The topological polar surface area (TPSA) is 87.2 Å². The van der Waals surface area contributed by atoms with E-state index in [1.807, 2.05) is 31.2 Å². The Morgan fingerprint density at radius 2 is 1.77 bits per heavy atom. The molecule has 2 aromatic carbocycles. The number of nitrogens with one attached hydrogen (secondary N) is 2. The highest BCUT2D eigenvalue weighted by molar-refractivity contribution is 6.13. The molecule has 1 aliphatic rings. The molecule has 1 aromatic heterocycles. The SMILES string of the molecule is Cc1cccc(CN2C(=O)N/C(=C\c3c(C)[nH]n(-c4ccc(F)cc4)c3=O)C2=O)c1. The van der Waals surface area contributed by atoms with Gasteiger partial charge in [0.05, 0.1) is 17.8 Å². The van der Waals surface area contributed by atoms with Gasteiger partial charge in [-0.1, -0.05) is 29.8 Å². The molecular weight excluding hydrogens is 387 g/mol. The number of aromatic amines is 1. The summed E-state index contributed by atoms with van der Waals surface area (Å²) in [5.41, 5.74) is 2.67. The predicted octanol–water partition coefficient (Wildman–Crippen LogP) is 3.01. The van der Waals surface area contributed by atoms with Crippen LogP contribution < -0.4 is 10.9 Å². The number of nitrogens with zero attached hydrogens (tertiary/aromatic N) is 2. The van der Waals surface area contributed by atoms with Crippen LogP contribution in [0.1, 0.15) is 22.4 Å². The highest BCUT2D eigenvalue weighted by Gasteiger charge is 2.34. The third-order valence-electron chi connectivity index (χ3n) is 4.88. The molecule has 152 valence electrons. The lowest BCUT2D eigenvalue weighted by molar-refractivity contribution is -0.123. The summed E-state index contributed by atoms with van der Waals surface area (Å²) in [6, 6.07) is 12.4. The number of hydrogen-bond donors (Lipinski definition) is 2. The number of hydrogen-bond acceptors (Lipinski definition) is 3. The number of rotatable bonds is 4. The van der Waals surface area contributed by atoms with Gasteiger partial charge in [0.25, 0.3) is 11.5 Å². The van der Waals surface area contributed by atoms with Crippen molar-refractivity contribution in [2.45, 2.75) is 20.4 Å². The van der Waals surface area contributed by atoms with Crippen LogP contribution in [0, 0.1) is 19.7 Å². The van der Waals surface area contributed by atoms with Crippen LogP contribution in [-0.2, 0) is 11.3 Å². The summed E-state index contributed by atoms with van der Waals surface area (Å²) in [5, 5.41) is 5.44. The maximum Gasteiger partial charge on any atom is 0.329 e. The molecule has 1 aliphatic heterocycles. The first-order valence-electron chi connectivity index (χ1n) is 9.31. The summed E-state index contributed by atoms with van der Waals surface area (Å²) in [6.45, 7) is 3.75. The molecule has 4 rings (SSSR count). The Morgan fingerprint density at radius 3 is 2.47 bits per heavy atom. The third kappa shape index (κ3) is 3.55. The Labute approximate surface area is 171 Å². The lowest BCUT2D eigenvalue weighted by Crippen LogP contribution is -2.30. The zero-order valence-electron chi connectivity index (χ0n) is 16.4.